The van der Waals surface area contributed by atoms with Crippen molar-refractivity contribution in [2.75, 3.05) is 0 Å². The topological polar surface area (TPSA) is 33.6 Å². The minimum absolute atomic E-state index is 0.644. The summed E-state index contributed by atoms with van der Waals surface area (Å²) in [5.41, 5.74) is 2.76. The third-order valence-electron chi connectivity index (χ3n) is 2.54. The molecular weight excluding hydrogens is 298 g/mol. The van der Waals surface area contributed by atoms with Gasteiger partial charge >= 0.3 is 0 Å². The molecule has 2 heterocycles. The fourth-order valence-corrected chi connectivity index (χ4v) is 2.55. The summed E-state index contributed by atoms with van der Waals surface area (Å²) in [6, 6.07) is 11.8. The number of para-hydroxylation sites is 1. The van der Waals surface area contributed by atoms with Crippen molar-refractivity contribution in [2.45, 2.75) is 0 Å². The number of H-pyrrole nitrogens is 1. The quantitative estimate of drug-likeness (QED) is 0.693. The van der Waals surface area contributed by atoms with Crippen LogP contribution in [-0.4, -0.2) is 14.5 Å². The summed E-state index contributed by atoms with van der Waals surface area (Å²) < 4.78 is 3.56. The SMILES string of the molecule is S=c1[nH]c2cccnc2n1-c1ccccc1Br. The maximum atomic E-state index is 5.34. The molecule has 0 bridgehead atoms. The number of imidazole rings is 1. The van der Waals surface area contributed by atoms with Gasteiger partial charge in [-0.25, -0.2) is 4.98 Å². The molecule has 0 unspecified atom stereocenters. The van der Waals surface area contributed by atoms with Crippen LogP contribution in [0, 0.1) is 4.77 Å². The van der Waals surface area contributed by atoms with Crippen molar-refractivity contribution in [2.24, 2.45) is 0 Å². The summed E-state index contributed by atoms with van der Waals surface area (Å²) in [5, 5.41) is 0. The van der Waals surface area contributed by atoms with Gasteiger partial charge in [-0.05, 0) is 52.4 Å². The second kappa shape index (κ2) is 4.09. The van der Waals surface area contributed by atoms with Crippen molar-refractivity contribution in [3.63, 3.8) is 0 Å². The van der Waals surface area contributed by atoms with Gasteiger partial charge in [0.25, 0.3) is 0 Å². The molecule has 84 valence electrons. The highest BCUT2D eigenvalue weighted by Crippen LogP contribution is 2.24. The fourth-order valence-electron chi connectivity index (χ4n) is 1.80. The summed E-state index contributed by atoms with van der Waals surface area (Å²) in [6.45, 7) is 0. The van der Waals surface area contributed by atoms with E-state index in [1.165, 1.54) is 0 Å². The Hall–Kier alpha value is -1.46. The average Bonchev–Trinajstić information content (AvgIpc) is 2.66. The molecule has 0 amide bonds. The van der Waals surface area contributed by atoms with Crippen LogP contribution in [0.1, 0.15) is 0 Å². The van der Waals surface area contributed by atoms with Crippen LogP contribution in [0.15, 0.2) is 47.1 Å². The average molecular weight is 306 g/mol. The van der Waals surface area contributed by atoms with Gasteiger partial charge < -0.3 is 4.98 Å². The molecule has 0 atom stereocenters. The van der Waals surface area contributed by atoms with E-state index in [9.17, 15) is 0 Å². The molecule has 2 aromatic heterocycles. The van der Waals surface area contributed by atoms with Crippen molar-refractivity contribution in [1.82, 2.24) is 14.5 Å². The van der Waals surface area contributed by atoms with Gasteiger partial charge in [-0.1, -0.05) is 12.1 Å². The van der Waals surface area contributed by atoms with Gasteiger partial charge in [-0.2, -0.15) is 0 Å². The lowest BCUT2D eigenvalue weighted by molar-refractivity contribution is 1.04. The number of hydrogen-bond donors (Lipinski definition) is 1. The Morgan fingerprint density at radius 3 is 2.82 bits per heavy atom. The lowest BCUT2D eigenvalue weighted by atomic mass is 10.3. The molecular formula is C12H8BrN3S. The third-order valence-corrected chi connectivity index (χ3v) is 3.49. The van der Waals surface area contributed by atoms with Crippen LogP contribution in [-0.2, 0) is 0 Å². The lowest BCUT2D eigenvalue weighted by Crippen LogP contribution is -1.96. The monoisotopic (exact) mass is 305 g/mol. The number of fused-ring (bicyclic) bond motifs is 1. The maximum Gasteiger partial charge on any atom is 0.184 e. The minimum Gasteiger partial charge on any atom is -0.329 e. The van der Waals surface area contributed by atoms with Gasteiger partial charge in [0, 0.05) is 10.7 Å². The van der Waals surface area contributed by atoms with Gasteiger partial charge in [-0.15, -0.1) is 0 Å². The zero-order valence-electron chi connectivity index (χ0n) is 8.72. The largest absolute Gasteiger partial charge is 0.329 e. The van der Waals surface area contributed by atoms with E-state index >= 15 is 0 Å². The summed E-state index contributed by atoms with van der Waals surface area (Å²) in [7, 11) is 0. The van der Waals surface area contributed by atoms with Crippen LogP contribution in [0.5, 0.6) is 0 Å². The van der Waals surface area contributed by atoms with E-state index in [2.05, 4.69) is 25.9 Å². The smallest absolute Gasteiger partial charge is 0.184 e. The van der Waals surface area contributed by atoms with Crippen molar-refractivity contribution < 1.29 is 0 Å². The number of benzene rings is 1. The first kappa shape index (κ1) is 10.7. The first-order valence-electron chi connectivity index (χ1n) is 5.08. The summed E-state index contributed by atoms with van der Waals surface area (Å²) in [5.74, 6) is 0. The second-order valence-corrected chi connectivity index (χ2v) is 4.83. The van der Waals surface area contributed by atoms with Gasteiger partial charge in [-0.3, -0.25) is 4.57 Å². The van der Waals surface area contributed by atoms with Crippen LogP contribution < -0.4 is 0 Å². The molecule has 0 aliphatic carbocycles. The number of halogens is 1. The molecule has 0 saturated heterocycles. The molecule has 3 nitrogen and oxygen atoms in total. The Kier molecular flexibility index (Phi) is 2.57. The van der Waals surface area contributed by atoms with Crippen LogP contribution in [0.2, 0.25) is 0 Å². The number of nitrogens with one attached hydrogen (secondary N) is 1. The third kappa shape index (κ3) is 1.71. The Bertz CT molecular complexity index is 745. The highest BCUT2D eigenvalue weighted by molar-refractivity contribution is 9.10. The molecule has 3 rings (SSSR count). The maximum absolute atomic E-state index is 5.34. The molecule has 0 saturated carbocycles. The Morgan fingerprint density at radius 2 is 2.00 bits per heavy atom. The number of nitrogens with zero attached hydrogens (tertiary/aromatic N) is 2. The van der Waals surface area contributed by atoms with Crippen molar-refractivity contribution in [3.8, 4) is 5.69 Å². The molecule has 0 aliphatic heterocycles. The summed E-state index contributed by atoms with van der Waals surface area (Å²) in [6.07, 6.45) is 1.76. The highest BCUT2D eigenvalue weighted by Gasteiger charge is 2.09. The summed E-state index contributed by atoms with van der Waals surface area (Å²) >= 11 is 8.87. The van der Waals surface area contributed by atoms with Crippen molar-refractivity contribution >= 4 is 39.3 Å². The number of hydrogen-bond acceptors (Lipinski definition) is 2. The van der Waals surface area contributed by atoms with Crippen LogP contribution >= 0.6 is 28.1 Å². The van der Waals surface area contributed by atoms with Crippen molar-refractivity contribution in [3.05, 3.63) is 51.8 Å². The number of aromatic amines is 1. The molecule has 3 aromatic rings. The predicted molar refractivity (Wildman–Crippen MR) is 74.0 cm³/mol. The van der Waals surface area contributed by atoms with Gasteiger partial charge in [0.1, 0.15) is 0 Å². The molecule has 0 spiro atoms. The van der Waals surface area contributed by atoms with E-state index in [0.29, 0.717) is 4.77 Å². The van der Waals surface area contributed by atoms with Crippen LogP contribution in [0.4, 0.5) is 0 Å². The van der Waals surface area contributed by atoms with E-state index < -0.39 is 0 Å². The normalized spacial score (nSPS) is 10.9. The standard InChI is InChI=1S/C12H8BrN3S/c13-8-4-1-2-6-10(8)16-11-9(15-12(16)17)5-3-7-14-11/h1-7H,(H,15,17). The van der Waals surface area contributed by atoms with Crippen LogP contribution in [0.3, 0.4) is 0 Å². The molecule has 0 fully saturated rings. The van der Waals surface area contributed by atoms with E-state index in [0.717, 1.165) is 21.3 Å². The van der Waals surface area contributed by atoms with E-state index in [-0.39, 0.29) is 0 Å². The minimum atomic E-state index is 0.644. The number of pyridine rings is 1. The second-order valence-electron chi connectivity index (χ2n) is 3.59. The Morgan fingerprint density at radius 1 is 1.18 bits per heavy atom. The molecule has 0 radical (unpaired) electrons. The molecule has 5 heteroatoms. The first-order chi connectivity index (χ1) is 8.27. The summed E-state index contributed by atoms with van der Waals surface area (Å²) in [4.78, 5) is 7.51. The number of rotatable bonds is 1. The lowest BCUT2D eigenvalue weighted by Gasteiger charge is -2.05. The van der Waals surface area contributed by atoms with Gasteiger partial charge in [0.15, 0.2) is 10.4 Å². The zero-order chi connectivity index (χ0) is 11.8. The molecule has 1 N–H and O–H groups in total. The van der Waals surface area contributed by atoms with E-state index in [1.807, 2.05) is 41.0 Å². The van der Waals surface area contributed by atoms with Crippen molar-refractivity contribution in [1.29, 1.82) is 0 Å². The Balaban J connectivity index is 2.42. The van der Waals surface area contributed by atoms with Crippen LogP contribution in [0.25, 0.3) is 16.9 Å². The van der Waals surface area contributed by atoms with E-state index in [4.69, 9.17) is 12.2 Å². The highest BCUT2D eigenvalue weighted by atomic mass is 79.9. The Labute approximate surface area is 111 Å². The zero-order valence-corrected chi connectivity index (χ0v) is 11.1. The molecule has 17 heavy (non-hydrogen) atoms. The predicted octanol–water partition coefficient (Wildman–Crippen LogP) is 3.85. The van der Waals surface area contributed by atoms with E-state index in [1.54, 1.807) is 6.20 Å². The first-order valence-corrected chi connectivity index (χ1v) is 6.28. The van der Waals surface area contributed by atoms with Gasteiger partial charge in [0.05, 0.1) is 11.2 Å². The molecule has 0 aliphatic rings. The van der Waals surface area contributed by atoms with Gasteiger partial charge in [0.2, 0.25) is 0 Å². The fraction of sp³-hybridized carbons (Fsp3) is 0. The molecule has 1 aromatic carbocycles. The number of aromatic nitrogens is 3.